The molecule has 0 spiro atoms. The van der Waals surface area contributed by atoms with Crippen LogP contribution in [0.4, 0.5) is 0 Å². The van der Waals surface area contributed by atoms with Crippen molar-refractivity contribution < 1.29 is 28.6 Å². The van der Waals surface area contributed by atoms with Crippen LogP contribution in [0.1, 0.15) is 78.1 Å². The number of carbonyl (C=O) groups excluding carboxylic acids is 1. The average Bonchev–Trinajstić information content (AvgIpc) is 2.67. The van der Waals surface area contributed by atoms with Gasteiger partial charge in [-0.25, -0.2) is 9.05 Å². The molecule has 26 heavy (non-hydrogen) atoms. The van der Waals surface area contributed by atoms with Crippen LogP contribution in [0.15, 0.2) is 11.9 Å². The Bertz CT molecular complexity index is 437. The quantitative estimate of drug-likeness (QED) is 0.284. The van der Waals surface area contributed by atoms with E-state index >= 15 is 0 Å². The summed E-state index contributed by atoms with van der Waals surface area (Å²) in [4.78, 5) is 31.5. The van der Waals surface area contributed by atoms with Crippen molar-refractivity contribution in [2.75, 3.05) is 13.2 Å². The lowest BCUT2D eigenvalue weighted by molar-refractivity contribution is -1.11. The van der Waals surface area contributed by atoms with Crippen molar-refractivity contribution in [2.24, 2.45) is 0 Å². The third-order valence-corrected chi connectivity index (χ3v) is 7.43. The molecule has 1 N–H and O–H groups in total. The van der Waals surface area contributed by atoms with E-state index in [0.717, 1.165) is 30.7 Å². The molecule has 2 aliphatic carbocycles. The van der Waals surface area contributed by atoms with Crippen molar-refractivity contribution in [3.05, 3.63) is 11.9 Å². The van der Waals surface area contributed by atoms with Crippen molar-refractivity contribution in [3.63, 3.8) is 0 Å². The molecular formula is C19H35NO5P+2. The molecule has 0 aromatic carbocycles. The molecule has 2 fully saturated rings. The number of quaternary nitrogens is 1. The molecule has 0 amide bonds. The van der Waals surface area contributed by atoms with Crippen molar-refractivity contribution in [2.45, 2.75) is 90.1 Å². The number of hydrogen-bond acceptors (Lipinski definition) is 5. The highest BCUT2D eigenvalue weighted by Crippen LogP contribution is 2.59. The molecule has 6 nitrogen and oxygen atoms in total. The average molecular weight is 388 g/mol. The lowest BCUT2D eigenvalue weighted by atomic mass is 9.90. The van der Waals surface area contributed by atoms with E-state index in [1.54, 1.807) is 13.8 Å². The molecule has 0 aliphatic heterocycles. The zero-order valence-electron chi connectivity index (χ0n) is 16.3. The van der Waals surface area contributed by atoms with Crippen LogP contribution >= 0.6 is 7.94 Å². The monoisotopic (exact) mass is 388 g/mol. The highest BCUT2D eigenvalue weighted by atomic mass is 31.2. The smallest absolute Gasteiger partial charge is 0.627 e. The second-order valence-electron chi connectivity index (χ2n) is 7.24. The molecule has 0 atom stereocenters. The molecule has 2 saturated carbocycles. The standard InChI is InChI=1S/C19H34NO5P/c1-4-23-26(22,24-5-2)16(3)19(21)25-20(17-12-8-6-9-13-17)18-14-10-7-11-15-18/h17-18H,3-15H2,1-2H3/q+1/p+1. The van der Waals surface area contributed by atoms with Gasteiger partial charge in [0.2, 0.25) is 0 Å². The predicted octanol–water partition coefficient (Wildman–Crippen LogP) is 2.70. The summed E-state index contributed by atoms with van der Waals surface area (Å²) < 4.78 is 10.5. The Morgan fingerprint density at radius 2 is 1.38 bits per heavy atom. The summed E-state index contributed by atoms with van der Waals surface area (Å²) >= 11 is 0. The van der Waals surface area contributed by atoms with Crippen LogP contribution in [0.25, 0.3) is 0 Å². The van der Waals surface area contributed by atoms with Gasteiger partial charge in [-0.2, -0.15) is 0 Å². The first-order chi connectivity index (χ1) is 12.5. The van der Waals surface area contributed by atoms with E-state index in [1.807, 2.05) is 0 Å². The number of nitrogens with one attached hydrogen (secondary N) is 1. The minimum Gasteiger partial charge on any atom is -0.627 e. The fraction of sp³-hybridized carbons (Fsp3) is 0.842. The van der Waals surface area contributed by atoms with Crippen molar-refractivity contribution in [1.82, 2.24) is 0 Å². The van der Waals surface area contributed by atoms with Gasteiger partial charge in [0.25, 0.3) is 7.94 Å². The molecule has 0 aromatic rings. The van der Waals surface area contributed by atoms with E-state index in [9.17, 15) is 9.69 Å². The first kappa shape index (κ1) is 21.8. The molecule has 149 valence electrons. The fourth-order valence-electron chi connectivity index (χ4n) is 4.08. The molecule has 2 rings (SSSR count). The van der Waals surface area contributed by atoms with Crippen molar-refractivity contribution in [1.29, 1.82) is 0 Å². The number of carbonyl (C=O) groups is 1. The van der Waals surface area contributed by atoms with E-state index in [2.05, 4.69) is 6.58 Å². The summed E-state index contributed by atoms with van der Waals surface area (Å²) in [7, 11) is -3.69. The molecular weight excluding hydrogens is 353 g/mol. The lowest BCUT2D eigenvalue weighted by Gasteiger charge is -2.31. The fourth-order valence-corrected chi connectivity index (χ4v) is 5.42. The molecule has 0 heterocycles. The van der Waals surface area contributed by atoms with Gasteiger partial charge < -0.3 is 4.89 Å². The van der Waals surface area contributed by atoms with Gasteiger partial charge in [0.15, 0.2) is 0 Å². The molecule has 1 radical (unpaired) electrons. The summed E-state index contributed by atoms with van der Waals surface area (Å²) in [5, 5.41) is 0.709. The maximum absolute atomic E-state index is 12.8. The third kappa shape index (κ3) is 5.74. The lowest BCUT2D eigenvalue weighted by Crippen LogP contribution is -3.19. The summed E-state index contributed by atoms with van der Waals surface area (Å²) in [5.41, 5.74) is 0. The first-order valence-electron chi connectivity index (χ1n) is 10.2. The highest BCUT2D eigenvalue weighted by Gasteiger charge is 2.52. The van der Waals surface area contributed by atoms with Gasteiger partial charge in [0.05, 0.1) is 18.0 Å². The van der Waals surface area contributed by atoms with Gasteiger partial charge >= 0.3 is 11.3 Å². The summed E-state index contributed by atoms with van der Waals surface area (Å²) in [6.07, 6.45) is 11.5. The predicted molar refractivity (Wildman–Crippen MR) is 100 cm³/mol. The number of hydrogen-bond donors (Lipinski definition) is 1. The van der Waals surface area contributed by atoms with Crippen LogP contribution in [0.2, 0.25) is 0 Å². The van der Waals surface area contributed by atoms with E-state index in [0.29, 0.717) is 12.1 Å². The maximum atomic E-state index is 12.8. The summed E-state index contributed by atoms with van der Waals surface area (Å²) in [5.74, 6) is -0.651. The topological polar surface area (TPSA) is 75.1 Å². The number of rotatable bonds is 9. The minimum absolute atomic E-state index is 0.186. The van der Waals surface area contributed by atoms with Crippen molar-refractivity contribution in [3.8, 4) is 0 Å². The van der Waals surface area contributed by atoms with Crippen LogP contribution in [-0.2, 0) is 18.7 Å². The van der Waals surface area contributed by atoms with Gasteiger partial charge in [0.1, 0.15) is 12.1 Å². The van der Waals surface area contributed by atoms with Gasteiger partial charge in [-0.3, -0.25) is 0 Å². The number of hydroxylamine groups is 2. The van der Waals surface area contributed by atoms with Crippen LogP contribution < -0.4 is 9.96 Å². The largest absolute Gasteiger partial charge is 0.708 e. The van der Waals surface area contributed by atoms with Gasteiger partial charge in [-0.15, -0.1) is 0 Å². The Morgan fingerprint density at radius 3 is 1.77 bits per heavy atom. The molecule has 2 aliphatic rings. The Balaban J connectivity index is 2.09. The highest BCUT2D eigenvalue weighted by molar-refractivity contribution is 7.65. The second kappa shape index (κ2) is 10.7. The zero-order valence-corrected chi connectivity index (χ0v) is 17.2. The molecule has 0 bridgehead atoms. The van der Waals surface area contributed by atoms with E-state index in [1.165, 1.54) is 38.5 Å². The Labute approximate surface area is 158 Å². The Kier molecular flexibility index (Phi) is 8.98. The van der Waals surface area contributed by atoms with Gasteiger partial charge in [-0.05, 0) is 46.1 Å². The second-order valence-corrected chi connectivity index (χ2v) is 9.29. The van der Waals surface area contributed by atoms with Crippen LogP contribution in [-0.4, -0.2) is 31.3 Å². The Morgan fingerprint density at radius 1 is 0.962 bits per heavy atom. The molecule has 0 saturated heterocycles. The van der Waals surface area contributed by atoms with E-state index < -0.39 is 13.9 Å². The van der Waals surface area contributed by atoms with Gasteiger partial charge in [0, 0.05) is 25.7 Å². The summed E-state index contributed by atoms with van der Waals surface area (Å²) in [6.45, 7) is 7.51. The van der Waals surface area contributed by atoms with E-state index in [4.69, 9.17) is 13.9 Å². The van der Waals surface area contributed by atoms with Crippen molar-refractivity contribution >= 4 is 13.9 Å². The SMILES string of the molecule is C=C(C(=[O+])O[NH+](C1CCCCC1)C1CCCCC1)[P+]([O-])(OCC)OCC. The molecule has 0 unspecified atom stereocenters. The third-order valence-electron chi connectivity index (χ3n) is 5.39. The first-order valence-corrected chi connectivity index (χ1v) is 11.7. The normalized spacial score (nSPS) is 20.3. The van der Waals surface area contributed by atoms with Crippen LogP contribution in [0, 0.1) is 0 Å². The van der Waals surface area contributed by atoms with Gasteiger partial charge in [-0.1, -0.05) is 22.7 Å². The van der Waals surface area contributed by atoms with Crippen LogP contribution in [0.3, 0.4) is 0 Å². The summed E-state index contributed by atoms with van der Waals surface area (Å²) in [6, 6.07) is 0.643. The van der Waals surface area contributed by atoms with E-state index in [-0.39, 0.29) is 18.5 Å². The maximum Gasteiger partial charge on any atom is 0.708 e. The zero-order chi connectivity index (χ0) is 19.0. The molecule has 7 heteroatoms. The Hall–Kier alpha value is -0.520. The van der Waals surface area contributed by atoms with Crippen LogP contribution in [0.5, 0.6) is 0 Å². The minimum atomic E-state index is -3.69. The molecule has 0 aromatic heterocycles.